The number of carboxylic acid groups (broad SMARTS) is 1. The maximum atomic E-state index is 13.1. The van der Waals surface area contributed by atoms with Crippen LogP contribution in [0.2, 0.25) is 5.02 Å². The molecule has 0 fully saturated rings. The van der Waals surface area contributed by atoms with Crippen LogP contribution in [0.15, 0.2) is 12.1 Å². The second-order valence-corrected chi connectivity index (χ2v) is 2.95. The molecule has 70 valence electrons. The van der Waals surface area contributed by atoms with Crippen LogP contribution in [-0.2, 0) is 11.2 Å². The summed E-state index contributed by atoms with van der Waals surface area (Å²) in [7, 11) is 0. The maximum Gasteiger partial charge on any atom is 0.307 e. The molecule has 1 rings (SSSR count). The number of halogens is 2. The summed E-state index contributed by atoms with van der Waals surface area (Å²) in [6.07, 6.45) is -0.420. The number of hydrogen-bond donors (Lipinski definition) is 2. The predicted molar refractivity (Wildman–Crippen MR) is 47.2 cm³/mol. The highest BCUT2D eigenvalue weighted by Crippen LogP contribution is 2.22. The molecule has 1 aromatic rings. The molecule has 3 N–H and O–H groups in total. The van der Waals surface area contributed by atoms with Crippen molar-refractivity contribution in [3.8, 4) is 0 Å². The minimum Gasteiger partial charge on any atom is -0.481 e. The lowest BCUT2D eigenvalue weighted by Crippen LogP contribution is -2.03. The van der Waals surface area contributed by atoms with E-state index in [2.05, 4.69) is 0 Å². The summed E-state index contributed by atoms with van der Waals surface area (Å²) in [5, 5.41) is 8.27. The van der Waals surface area contributed by atoms with Gasteiger partial charge in [-0.05, 0) is 12.1 Å². The lowest BCUT2D eigenvalue weighted by molar-refractivity contribution is -0.136. The van der Waals surface area contributed by atoms with Crippen molar-refractivity contribution in [2.45, 2.75) is 6.42 Å². The first-order valence-corrected chi connectivity index (χ1v) is 3.83. The Bertz CT molecular complexity index is 354. The molecule has 0 aliphatic heterocycles. The normalized spacial score (nSPS) is 10.0. The average molecular weight is 204 g/mol. The number of aliphatic carboxylic acids is 1. The van der Waals surface area contributed by atoms with Gasteiger partial charge >= 0.3 is 5.97 Å². The van der Waals surface area contributed by atoms with Crippen LogP contribution in [0.4, 0.5) is 10.1 Å². The highest BCUT2D eigenvalue weighted by molar-refractivity contribution is 6.31. The molecule has 0 bridgehead atoms. The Morgan fingerprint density at radius 3 is 2.77 bits per heavy atom. The van der Waals surface area contributed by atoms with Crippen LogP contribution in [0.3, 0.4) is 0 Å². The first kappa shape index (κ1) is 9.80. The van der Waals surface area contributed by atoms with Gasteiger partial charge in [0.15, 0.2) is 0 Å². The van der Waals surface area contributed by atoms with E-state index in [1.807, 2.05) is 0 Å². The fraction of sp³-hybridized carbons (Fsp3) is 0.125. The van der Waals surface area contributed by atoms with Gasteiger partial charge in [-0.15, -0.1) is 0 Å². The van der Waals surface area contributed by atoms with Gasteiger partial charge in [-0.1, -0.05) is 11.6 Å². The number of hydrogen-bond acceptors (Lipinski definition) is 2. The molecule has 0 unspecified atom stereocenters. The van der Waals surface area contributed by atoms with E-state index < -0.39 is 18.2 Å². The topological polar surface area (TPSA) is 63.3 Å². The van der Waals surface area contributed by atoms with Crippen molar-refractivity contribution >= 4 is 23.3 Å². The number of anilines is 1. The lowest BCUT2D eigenvalue weighted by atomic mass is 10.1. The maximum absolute atomic E-state index is 13.1. The van der Waals surface area contributed by atoms with Crippen LogP contribution < -0.4 is 5.73 Å². The van der Waals surface area contributed by atoms with E-state index >= 15 is 0 Å². The zero-order valence-electron chi connectivity index (χ0n) is 6.55. The first-order valence-electron chi connectivity index (χ1n) is 3.46. The Kier molecular flexibility index (Phi) is 2.72. The summed E-state index contributed by atoms with van der Waals surface area (Å²) < 4.78 is 13.1. The Balaban J connectivity index is 3.12. The van der Waals surface area contributed by atoms with Crippen molar-refractivity contribution in [2.75, 3.05) is 5.73 Å². The van der Waals surface area contributed by atoms with Gasteiger partial charge < -0.3 is 10.8 Å². The minimum absolute atomic E-state index is 0.00231. The van der Waals surface area contributed by atoms with Crippen molar-refractivity contribution in [1.29, 1.82) is 0 Å². The fourth-order valence-electron chi connectivity index (χ4n) is 0.961. The highest BCUT2D eigenvalue weighted by atomic mass is 35.5. The smallest absolute Gasteiger partial charge is 0.307 e. The van der Waals surface area contributed by atoms with Gasteiger partial charge in [-0.3, -0.25) is 4.79 Å². The van der Waals surface area contributed by atoms with Crippen LogP contribution in [0, 0.1) is 5.82 Å². The van der Waals surface area contributed by atoms with Crippen LogP contribution in [-0.4, -0.2) is 11.1 Å². The van der Waals surface area contributed by atoms with Gasteiger partial charge in [-0.2, -0.15) is 0 Å². The molecule has 0 saturated carbocycles. The minimum atomic E-state index is -1.12. The summed E-state index contributed by atoms with van der Waals surface area (Å²) in [5.41, 5.74) is 5.61. The van der Waals surface area contributed by atoms with E-state index in [4.69, 9.17) is 22.4 Å². The molecule has 1 aromatic carbocycles. The summed E-state index contributed by atoms with van der Waals surface area (Å²) in [4.78, 5) is 10.3. The van der Waals surface area contributed by atoms with Crippen molar-refractivity contribution in [3.63, 3.8) is 0 Å². The SMILES string of the molecule is Nc1cc(Cl)c(F)c(CC(=O)O)c1. The zero-order chi connectivity index (χ0) is 10.0. The van der Waals surface area contributed by atoms with E-state index in [1.54, 1.807) is 0 Å². The highest BCUT2D eigenvalue weighted by Gasteiger charge is 2.10. The molecule has 3 nitrogen and oxygen atoms in total. The number of nitrogen functional groups attached to an aromatic ring is 1. The molecule has 13 heavy (non-hydrogen) atoms. The van der Waals surface area contributed by atoms with E-state index in [9.17, 15) is 9.18 Å². The Morgan fingerprint density at radius 1 is 1.62 bits per heavy atom. The molecular weight excluding hydrogens is 197 g/mol. The van der Waals surface area contributed by atoms with Gasteiger partial charge in [0.25, 0.3) is 0 Å². The van der Waals surface area contributed by atoms with Crippen LogP contribution in [0.5, 0.6) is 0 Å². The van der Waals surface area contributed by atoms with Crippen LogP contribution in [0.1, 0.15) is 5.56 Å². The monoisotopic (exact) mass is 203 g/mol. The number of benzene rings is 1. The van der Waals surface area contributed by atoms with Gasteiger partial charge in [-0.25, -0.2) is 4.39 Å². The van der Waals surface area contributed by atoms with E-state index in [0.29, 0.717) is 0 Å². The molecule has 0 amide bonds. The molecule has 0 spiro atoms. The van der Waals surface area contributed by atoms with E-state index in [0.717, 1.165) is 0 Å². The largest absolute Gasteiger partial charge is 0.481 e. The summed E-state index contributed by atoms with van der Waals surface area (Å²) in [6, 6.07) is 2.50. The van der Waals surface area contributed by atoms with Gasteiger partial charge in [0.1, 0.15) is 5.82 Å². The summed E-state index contributed by atoms with van der Waals surface area (Å²) in [5.74, 6) is -1.85. The molecule has 5 heteroatoms. The van der Waals surface area contributed by atoms with Gasteiger partial charge in [0.05, 0.1) is 11.4 Å². The van der Waals surface area contributed by atoms with Gasteiger partial charge in [0.2, 0.25) is 0 Å². The first-order chi connectivity index (χ1) is 6.00. The summed E-state index contributed by atoms with van der Waals surface area (Å²) in [6.45, 7) is 0. The third-order valence-electron chi connectivity index (χ3n) is 1.47. The molecule has 0 heterocycles. The Labute approximate surface area is 78.9 Å². The Hall–Kier alpha value is -1.29. The predicted octanol–water partition coefficient (Wildman–Crippen LogP) is 1.69. The number of nitrogens with two attached hydrogens (primary N) is 1. The number of carbonyl (C=O) groups is 1. The Morgan fingerprint density at radius 2 is 2.23 bits per heavy atom. The number of carboxylic acids is 1. The van der Waals surface area contributed by atoms with Crippen molar-refractivity contribution in [1.82, 2.24) is 0 Å². The van der Waals surface area contributed by atoms with E-state index in [-0.39, 0.29) is 16.3 Å². The van der Waals surface area contributed by atoms with Gasteiger partial charge in [0, 0.05) is 11.3 Å². The lowest BCUT2D eigenvalue weighted by Gasteiger charge is -2.03. The second kappa shape index (κ2) is 3.62. The standard InChI is InChI=1S/C8H7ClFNO2/c9-6-3-5(11)1-4(8(6)10)2-7(12)13/h1,3H,2,11H2,(H,12,13). The zero-order valence-corrected chi connectivity index (χ0v) is 7.31. The molecule has 0 radical (unpaired) electrons. The summed E-state index contributed by atoms with van der Waals surface area (Å²) >= 11 is 5.45. The average Bonchev–Trinajstić information content (AvgIpc) is 1.98. The molecule has 0 aromatic heterocycles. The van der Waals surface area contributed by atoms with Crippen molar-refractivity contribution in [2.24, 2.45) is 0 Å². The molecule has 0 atom stereocenters. The third kappa shape index (κ3) is 2.32. The number of rotatable bonds is 2. The molecule has 0 saturated heterocycles. The van der Waals surface area contributed by atoms with Crippen LogP contribution in [0.25, 0.3) is 0 Å². The second-order valence-electron chi connectivity index (χ2n) is 2.55. The van der Waals surface area contributed by atoms with E-state index in [1.165, 1.54) is 12.1 Å². The quantitative estimate of drug-likeness (QED) is 0.719. The van der Waals surface area contributed by atoms with Crippen molar-refractivity contribution in [3.05, 3.63) is 28.5 Å². The van der Waals surface area contributed by atoms with Crippen LogP contribution >= 0.6 is 11.6 Å². The molecular formula is C8H7ClFNO2. The molecule has 0 aliphatic rings. The van der Waals surface area contributed by atoms with Crippen molar-refractivity contribution < 1.29 is 14.3 Å². The molecule has 0 aliphatic carbocycles. The fourth-order valence-corrected chi connectivity index (χ4v) is 1.21. The third-order valence-corrected chi connectivity index (χ3v) is 1.74.